The molecule has 3 aromatic rings. The quantitative estimate of drug-likeness (QED) is 0.511. The zero-order valence-corrected chi connectivity index (χ0v) is 15.4. The fourth-order valence-electron chi connectivity index (χ4n) is 2.47. The average molecular weight is 360 g/mol. The van der Waals surface area contributed by atoms with Crippen LogP contribution >= 0.6 is 11.6 Å². The smallest absolute Gasteiger partial charge is 0.319 e. The number of hydrogen-bond acceptors (Lipinski definition) is 5. The van der Waals surface area contributed by atoms with Crippen molar-refractivity contribution in [1.82, 2.24) is 19.4 Å². The molecule has 0 saturated heterocycles. The molecule has 3 aromatic heterocycles. The Balaban J connectivity index is 1.57. The van der Waals surface area contributed by atoms with Crippen molar-refractivity contribution in [3.8, 4) is 6.01 Å². The standard InChI is InChI=1S/C18H22ClN5O/c1-12(2)20-17-13(3)16(19)22-18(23-17)25-10-6-7-14-11-24-9-5-4-8-15(24)21-14/h4-5,8-9,11-12H,6-7,10H2,1-3H3,(H,20,22,23). The lowest BCUT2D eigenvalue weighted by atomic mass is 10.2. The van der Waals surface area contributed by atoms with Crippen LogP contribution in [0.2, 0.25) is 5.15 Å². The van der Waals surface area contributed by atoms with Crippen molar-refractivity contribution in [1.29, 1.82) is 0 Å². The van der Waals surface area contributed by atoms with Gasteiger partial charge in [-0.2, -0.15) is 9.97 Å². The highest BCUT2D eigenvalue weighted by Gasteiger charge is 2.11. The minimum Gasteiger partial charge on any atom is -0.463 e. The fraction of sp³-hybridized carbons (Fsp3) is 0.389. The molecule has 0 saturated carbocycles. The van der Waals surface area contributed by atoms with Crippen molar-refractivity contribution in [3.05, 3.63) is 47.0 Å². The Hall–Kier alpha value is -2.34. The van der Waals surface area contributed by atoms with Crippen molar-refractivity contribution in [2.75, 3.05) is 11.9 Å². The van der Waals surface area contributed by atoms with Gasteiger partial charge in [-0.25, -0.2) is 4.98 Å². The Bertz CT molecular complexity index is 829. The van der Waals surface area contributed by atoms with E-state index in [1.807, 2.05) is 55.8 Å². The molecule has 0 atom stereocenters. The summed E-state index contributed by atoms with van der Waals surface area (Å²) in [5, 5.41) is 3.67. The third kappa shape index (κ3) is 4.39. The second kappa shape index (κ2) is 7.70. The zero-order valence-electron chi connectivity index (χ0n) is 14.7. The molecule has 0 radical (unpaired) electrons. The van der Waals surface area contributed by atoms with E-state index in [1.54, 1.807) is 0 Å². The number of nitrogens with one attached hydrogen (secondary N) is 1. The highest BCUT2D eigenvalue weighted by Crippen LogP contribution is 2.23. The van der Waals surface area contributed by atoms with Crippen LogP contribution in [0, 0.1) is 6.92 Å². The summed E-state index contributed by atoms with van der Waals surface area (Å²) in [7, 11) is 0. The van der Waals surface area contributed by atoms with E-state index < -0.39 is 0 Å². The minimum atomic E-state index is 0.257. The largest absolute Gasteiger partial charge is 0.463 e. The van der Waals surface area contributed by atoms with E-state index in [9.17, 15) is 0 Å². The van der Waals surface area contributed by atoms with Crippen LogP contribution in [0.3, 0.4) is 0 Å². The van der Waals surface area contributed by atoms with Crippen LogP contribution in [-0.4, -0.2) is 32.0 Å². The summed E-state index contributed by atoms with van der Waals surface area (Å²) in [6, 6.07) is 6.52. The van der Waals surface area contributed by atoms with Crippen LogP contribution in [0.5, 0.6) is 6.01 Å². The molecule has 0 unspecified atom stereocenters. The highest BCUT2D eigenvalue weighted by atomic mass is 35.5. The van der Waals surface area contributed by atoms with E-state index in [1.165, 1.54) is 0 Å². The van der Waals surface area contributed by atoms with Crippen LogP contribution < -0.4 is 10.1 Å². The Labute approximate surface area is 152 Å². The summed E-state index contributed by atoms with van der Waals surface area (Å²) in [5.74, 6) is 0.713. The number of fused-ring (bicyclic) bond motifs is 1. The number of rotatable bonds is 7. The van der Waals surface area contributed by atoms with Crippen molar-refractivity contribution in [3.63, 3.8) is 0 Å². The van der Waals surface area contributed by atoms with Crippen molar-refractivity contribution in [2.24, 2.45) is 0 Å². The van der Waals surface area contributed by atoms with Gasteiger partial charge in [0, 0.05) is 24.0 Å². The number of nitrogens with zero attached hydrogens (tertiary/aromatic N) is 4. The van der Waals surface area contributed by atoms with Crippen LogP contribution in [-0.2, 0) is 6.42 Å². The number of aryl methyl sites for hydroxylation is 1. The van der Waals surface area contributed by atoms with E-state index in [-0.39, 0.29) is 6.04 Å². The van der Waals surface area contributed by atoms with Crippen LogP contribution in [0.15, 0.2) is 30.6 Å². The monoisotopic (exact) mass is 359 g/mol. The van der Waals surface area contributed by atoms with Gasteiger partial charge < -0.3 is 14.5 Å². The molecule has 0 aromatic carbocycles. The first-order valence-corrected chi connectivity index (χ1v) is 8.77. The molecule has 1 N–H and O–H groups in total. The van der Waals surface area contributed by atoms with E-state index in [0.29, 0.717) is 23.6 Å². The maximum atomic E-state index is 6.17. The lowest BCUT2D eigenvalue weighted by molar-refractivity contribution is 0.286. The number of anilines is 1. The number of halogens is 1. The van der Waals surface area contributed by atoms with Crippen LogP contribution in [0.1, 0.15) is 31.5 Å². The van der Waals surface area contributed by atoms with Gasteiger partial charge in [0.25, 0.3) is 0 Å². The van der Waals surface area contributed by atoms with Gasteiger partial charge in [-0.1, -0.05) is 17.7 Å². The molecule has 0 spiro atoms. The van der Waals surface area contributed by atoms with Gasteiger partial charge in [-0.15, -0.1) is 0 Å². The van der Waals surface area contributed by atoms with E-state index >= 15 is 0 Å². The number of imidazole rings is 1. The maximum Gasteiger partial charge on any atom is 0.319 e. The number of aromatic nitrogens is 4. The van der Waals surface area contributed by atoms with Crippen molar-refractivity contribution < 1.29 is 4.74 Å². The molecule has 132 valence electrons. The summed E-state index contributed by atoms with van der Waals surface area (Å²) < 4.78 is 7.70. The lowest BCUT2D eigenvalue weighted by Gasteiger charge is -2.13. The maximum absolute atomic E-state index is 6.17. The lowest BCUT2D eigenvalue weighted by Crippen LogP contribution is -2.14. The molecule has 0 aliphatic carbocycles. The summed E-state index contributed by atoms with van der Waals surface area (Å²) in [6.45, 7) is 6.49. The van der Waals surface area contributed by atoms with Crippen molar-refractivity contribution in [2.45, 2.75) is 39.7 Å². The Morgan fingerprint density at radius 2 is 2.08 bits per heavy atom. The number of ether oxygens (including phenoxy) is 1. The molecular formula is C18H22ClN5O. The van der Waals surface area contributed by atoms with Crippen molar-refractivity contribution >= 4 is 23.1 Å². The SMILES string of the molecule is Cc1c(Cl)nc(OCCCc2cn3ccccc3n2)nc1NC(C)C. The van der Waals surface area contributed by atoms with Gasteiger partial charge in [0.15, 0.2) is 0 Å². The molecule has 0 aliphatic heterocycles. The molecule has 7 heteroatoms. The predicted molar refractivity (Wildman–Crippen MR) is 99.5 cm³/mol. The van der Waals surface area contributed by atoms with E-state index in [2.05, 4.69) is 20.3 Å². The molecule has 3 rings (SSSR count). The van der Waals surface area contributed by atoms with Gasteiger partial charge in [0.1, 0.15) is 16.6 Å². The molecule has 0 amide bonds. The van der Waals surface area contributed by atoms with Gasteiger partial charge in [-0.05, 0) is 45.7 Å². The Kier molecular flexibility index (Phi) is 5.38. The molecular weight excluding hydrogens is 338 g/mol. The predicted octanol–water partition coefficient (Wildman–Crippen LogP) is 3.92. The van der Waals surface area contributed by atoms with Crippen LogP contribution in [0.4, 0.5) is 5.82 Å². The first kappa shape index (κ1) is 17.5. The van der Waals surface area contributed by atoms with Gasteiger partial charge in [-0.3, -0.25) is 0 Å². The highest BCUT2D eigenvalue weighted by molar-refractivity contribution is 6.30. The minimum absolute atomic E-state index is 0.257. The first-order chi connectivity index (χ1) is 12.0. The number of pyridine rings is 1. The third-order valence-corrected chi connectivity index (χ3v) is 4.08. The van der Waals surface area contributed by atoms with Gasteiger partial charge in [0.05, 0.1) is 12.3 Å². The summed E-state index contributed by atoms with van der Waals surface area (Å²) in [6.07, 6.45) is 5.69. The topological polar surface area (TPSA) is 64.3 Å². The second-order valence-corrected chi connectivity index (χ2v) is 6.58. The Morgan fingerprint density at radius 3 is 2.84 bits per heavy atom. The molecule has 0 aliphatic rings. The summed E-state index contributed by atoms with van der Waals surface area (Å²) in [4.78, 5) is 13.2. The molecule has 0 bridgehead atoms. The molecule has 25 heavy (non-hydrogen) atoms. The Morgan fingerprint density at radius 1 is 1.24 bits per heavy atom. The number of hydrogen-bond donors (Lipinski definition) is 1. The van der Waals surface area contributed by atoms with Gasteiger partial charge >= 0.3 is 6.01 Å². The van der Waals surface area contributed by atoms with Crippen LogP contribution in [0.25, 0.3) is 5.65 Å². The fourth-order valence-corrected chi connectivity index (χ4v) is 2.63. The molecule has 0 fully saturated rings. The first-order valence-electron chi connectivity index (χ1n) is 8.39. The average Bonchev–Trinajstić information content (AvgIpc) is 2.98. The van der Waals surface area contributed by atoms with E-state index in [0.717, 1.165) is 29.7 Å². The normalized spacial score (nSPS) is 11.2. The zero-order chi connectivity index (χ0) is 17.8. The second-order valence-electron chi connectivity index (χ2n) is 6.22. The summed E-state index contributed by atoms with van der Waals surface area (Å²) in [5.41, 5.74) is 2.82. The molecule has 3 heterocycles. The summed E-state index contributed by atoms with van der Waals surface area (Å²) >= 11 is 6.17. The third-order valence-electron chi connectivity index (χ3n) is 3.71. The van der Waals surface area contributed by atoms with E-state index in [4.69, 9.17) is 16.3 Å². The van der Waals surface area contributed by atoms with Gasteiger partial charge in [0.2, 0.25) is 0 Å². The molecule has 6 nitrogen and oxygen atoms in total.